The molecule has 0 aliphatic heterocycles. The second-order valence-corrected chi connectivity index (χ2v) is 9.25. The van der Waals surface area contributed by atoms with Crippen LogP contribution in [0.2, 0.25) is 0 Å². The van der Waals surface area contributed by atoms with Crippen LogP contribution in [0.3, 0.4) is 0 Å². The lowest BCUT2D eigenvalue weighted by Crippen LogP contribution is -2.15. The molecule has 0 radical (unpaired) electrons. The molecule has 2 aromatic carbocycles. The molecule has 0 saturated carbocycles. The van der Waals surface area contributed by atoms with E-state index in [1.54, 1.807) is 36.5 Å². The Morgan fingerprint density at radius 1 is 0.968 bits per heavy atom. The van der Waals surface area contributed by atoms with E-state index in [0.29, 0.717) is 27.8 Å². The Morgan fingerprint density at radius 2 is 1.77 bits per heavy atom. The van der Waals surface area contributed by atoms with Crippen LogP contribution in [0, 0.1) is 6.92 Å². The number of amides is 1. The van der Waals surface area contributed by atoms with Gasteiger partial charge in [-0.15, -0.1) is 11.3 Å². The smallest absolute Gasteiger partial charge is 0.261 e. The summed E-state index contributed by atoms with van der Waals surface area (Å²) in [6.45, 7) is 1.88. The average molecular weight is 451 g/mol. The number of carbonyl (C=O) groups is 1. The van der Waals surface area contributed by atoms with E-state index in [-0.39, 0.29) is 4.90 Å². The highest BCUT2D eigenvalue weighted by atomic mass is 32.2. The van der Waals surface area contributed by atoms with Crippen LogP contribution in [0.5, 0.6) is 0 Å². The molecule has 4 rings (SSSR count). The lowest BCUT2D eigenvalue weighted by molar-refractivity contribution is 0.102. The molecule has 31 heavy (non-hydrogen) atoms. The topological polar surface area (TPSA) is 101 Å². The van der Waals surface area contributed by atoms with Crippen LogP contribution in [-0.2, 0) is 10.0 Å². The van der Waals surface area contributed by atoms with Crippen molar-refractivity contribution >= 4 is 38.1 Å². The van der Waals surface area contributed by atoms with Crippen LogP contribution in [0.15, 0.2) is 83.2 Å². The summed E-state index contributed by atoms with van der Waals surface area (Å²) in [5.74, 6) is -0.390. The number of benzene rings is 2. The first-order valence-electron chi connectivity index (χ1n) is 9.28. The summed E-state index contributed by atoms with van der Waals surface area (Å²) in [4.78, 5) is 21.4. The van der Waals surface area contributed by atoms with Gasteiger partial charge in [-0.1, -0.05) is 29.8 Å². The van der Waals surface area contributed by atoms with E-state index in [1.165, 1.54) is 29.5 Å². The zero-order valence-corrected chi connectivity index (χ0v) is 18.1. The fourth-order valence-corrected chi connectivity index (χ4v) is 4.54. The number of rotatable bonds is 6. The quantitative estimate of drug-likeness (QED) is 0.448. The van der Waals surface area contributed by atoms with Crippen molar-refractivity contribution in [2.75, 3.05) is 10.0 Å². The van der Waals surface area contributed by atoms with Crippen LogP contribution in [0.4, 0.5) is 10.8 Å². The number of aryl methyl sites for hydroxylation is 1. The highest BCUT2D eigenvalue weighted by Crippen LogP contribution is 2.24. The van der Waals surface area contributed by atoms with Gasteiger partial charge in [-0.2, -0.15) is 0 Å². The number of hydrogen-bond donors (Lipinski definition) is 2. The first-order chi connectivity index (χ1) is 14.9. The Balaban J connectivity index is 1.48. The molecule has 0 unspecified atom stereocenters. The molecule has 0 spiro atoms. The van der Waals surface area contributed by atoms with Gasteiger partial charge >= 0.3 is 0 Å². The third kappa shape index (κ3) is 4.96. The maximum Gasteiger partial charge on any atom is 0.261 e. The van der Waals surface area contributed by atoms with Crippen molar-refractivity contribution in [3.05, 3.63) is 89.4 Å². The summed E-state index contributed by atoms with van der Waals surface area (Å²) in [7, 11) is -3.76. The Hall–Kier alpha value is -3.56. The molecule has 0 fully saturated rings. The van der Waals surface area contributed by atoms with Crippen LogP contribution in [0.1, 0.15) is 15.9 Å². The van der Waals surface area contributed by atoms with Gasteiger partial charge in [0.05, 0.1) is 10.6 Å². The normalized spacial score (nSPS) is 11.1. The van der Waals surface area contributed by atoms with Crippen molar-refractivity contribution < 1.29 is 13.2 Å². The number of thiazole rings is 1. The Bertz CT molecular complexity index is 1320. The minimum atomic E-state index is -3.76. The van der Waals surface area contributed by atoms with Gasteiger partial charge in [0.2, 0.25) is 0 Å². The number of nitrogens with zero attached hydrogens (tertiary/aromatic N) is 2. The highest BCUT2D eigenvalue weighted by molar-refractivity contribution is 7.92. The number of carbonyl (C=O) groups excluding carboxylic acids is 1. The summed E-state index contributed by atoms with van der Waals surface area (Å²) in [6.07, 6.45) is 1.68. The van der Waals surface area contributed by atoms with Gasteiger partial charge in [-0.3, -0.25) is 19.8 Å². The molecule has 4 aromatic rings. The summed E-state index contributed by atoms with van der Waals surface area (Å²) in [5.41, 5.74) is 2.94. The highest BCUT2D eigenvalue weighted by Gasteiger charge is 2.16. The van der Waals surface area contributed by atoms with E-state index in [1.807, 2.05) is 30.5 Å². The summed E-state index contributed by atoms with van der Waals surface area (Å²) in [6, 6.07) is 18.3. The van der Waals surface area contributed by atoms with Gasteiger partial charge in [-0.05, 0) is 49.4 Å². The first-order valence-corrected chi connectivity index (χ1v) is 11.6. The third-order valence-corrected chi connectivity index (χ3v) is 6.52. The van der Waals surface area contributed by atoms with Gasteiger partial charge in [-0.25, -0.2) is 13.4 Å². The molecule has 2 heterocycles. The predicted molar refractivity (Wildman–Crippen MR) is 122 cm³/mol. The fourth-order valence-electron chi connectivity index (χ4n) is 2.79. The predicted octanol–water partition coefficient (Wildman–Crippen LogP) is 4.57. The number of sulfonamides is 1. The van der Waals surface area contributed by atoms with E-state index >= 15 is 0 Å². The molecule has 2 N–H and O–H groups in total. The monoisotopic (exact) mass is 450 g/mol. The van der Waals surface area contributed by atoms with Crippen molar-refractivity contribution in [1.29, 1.82) is 0 Å². The molecule has 0 aliphatic carbocycles. The van der Waals surface area contributed by atoms with Gasteiger partial charge in [0, 0.05) is 22.8 Å². The second-order valence-electron chi connectivity index (χ2n) is 6.71. The molecule has 0 saturated heterocycles. The SMILES string of the molecule is Cc1ccc(S(=O)(=O)Nc2cccc(C(=O)Nc3nc(-c4ccccn4)cs3)c2)cc1. The van der Waals surface area contributed by atoms with Crippen LogP contribution in [-0.4, -0.2) is 24.3 Å². The molecule has 9 heteroatoms. The maximum absolute atomic E-state index is 12.6. The third-order valence-electron chi connectivity index (χ3n) is 4.36. The number of nitrogens with one attached hydrogen (secondary N) is 2. The Morgan fingerprint density at radius 3 is 2.52 bits per heavy atom. The lowest BCUT2D eigenvalue weighted by Gasteiger charge is -2.10. The van der Waals surface area contributed by atoms with Crippen molar-refractivity contribution in [3.63, 3.8) is 0 Å². The number of aromatic nitrogens is 2. The number of anilines is 2. The van der Waals surface area contributed by atoms with Gasteiger partial charge in [0.1, 0.15) is 5.69 Å². The zero-order valence-electron chi connectivity index (χ0n) is 16.4. The number of pyridine rings is 1. The zero-order chi connectivity index (χ0) is 21.8. The van der Waals surface area contributed by atoms with Crippen LogP contribution < -0.4 is 10.0 Å². The minimum absolute atomic E-state index is 0.151. The molecule has 2 aromatic heterocycles. The fraction of sp³-hybridized carbons (Fsp3) is 0.0455. The molecule has 0 atom stereocenters. The maximum atomic E-state index is 12.6. The van der Waals surface area contributed by atoms with Gasteiger partial charge < -0.3 is 0 Å². The van der Waals surface area contributed by atoms with Crippen LogP contribution >= 0.6 is 11.3 Å². The first kappa shape index (κ1) is 20.7. The van der Waals surface area contributed by atoms with Crippen molar-refractivity contribution in [2.24, 2.45) is 0 Å². The van der Waals surface area contributed by atoms with Gasteiger partial charge in [0.25, 0.3) is 15.9 Å². The summed E-state index contributed by atoms with van der Waals surface area (Å²) >= 11 is 1.29. The number of hydrogen-bond acceptors (Lipinski definition) is 6. The van der Waals surface area contributed by atoms with E-state index in [0.717, 1.165) is 5.56 Å². The van der Waals surface area contributed by atoms with Crippen molar-refractivity contribution in [2.45, 2.75) is 11.8 Å². The van der Waals surface area contributed by atoms with E-state index in [9.17, 15) is 13.2 Å². The summed E-state index contributed by atoms with van der Waals surface area (Å²) in [5, 5.41) is 4.98. The Labute approximate surface area is 183 Å². The molecule has 1 amide bonds. The van der Waals surface area contributed by atoms with E-state index in [4.69, 9.17) is 0 Å². The van der Waals surface area contributed by atoms with Crippen molar-refractivity contribution in [3.8, 4) is 11.4 Å². The van der Waals surface area contributed by atoms with Gasteiger partial charge in [0.15, 0.2) is 5.13 Å². The molecular weight excluding hydrogens is 432 g/mol. The molecule has 0 bridgehead atoms. The standard InChI is InChI=1S/C22H18N4O3S2/c1-15-8-10-18(11-9-15)31(28,29)26-17-6-4-5-16(13-17)21(27)25-22-24-20(14-30-22)19-7-2-3-12-23-19/h2-14,26H,1H3,(H,24,25,27). The Kier molecular flexibility index (Phi) is 5.79. The van der Waals surface area contributed by atoms with E-state index in [2.05, 4.69) is 20.0 Å². The summed E-state index contributed by atoms with van der Waals surface area (Å²) < 4.78 is 27.7. The van der Waals surface area contributed by atoms with E-state index < -0.39 is 15.9 Å². The lowest BCUT2D eigenvalue weighted by atomic mass is 10.2. The minimum Gasteiger partial charge on any atom is -0.298 e. The molecule has 7 nitrogen and oxygen atoms in total. The van der Waals surface area contributed by atoms with Crippen LogP contribution in [0.25, 0.3) is 11.4 Å². The largest absolute Gasteiger partial charge is 0.298 e. The average Bonchev–Trinajstić information content (AvgIpc) is 3.23. The molecule has 156 valence electrons. The second kappa shape index (κ2) is 8.66. The van der Waals surface area contributed by atoms with Crippen molar-refractivity contribution in [1.82, 2.24) is 9.97 Å². The molecular formula is C22H18N4O3S2. The molecule has 0 aliphatic rings.